The standard InChI is InChI=1S/C69H48N6S/c1-37-18-27-62-47(28-37)45-19-20-46-44-10-8-9-11-63(44)76-69(46)68(45)75(62)67-55(36-71)65(73-58-23-14-40(4)31-50(58)51-32-41(5)15-24-59(51)73)64(72-56-21-12-38(2)29-48(56)49-30-39(3)13-22-57(49)72)54(35-70)66(67)74-60-25-16-42(6)33-52(60)53-34-43(7)17-26-61(53)74/h8-34H,1-7H3. The number of hydrogen-bond acceptors (Lipinski definition) is 3. The molecule has 0 aliphatic heterocycles. The Morgan fingerprint density at radius 3 is 0.934 bits per heavy atom. The van der Waals surface area contributed by atoms with E-state index >= 15 is 0 Å². The van der Waals surface area contributed by atoms with E-state index in [-0.39, 0.29) is 0 Å². The molecule has 0 saturated carbocycles. The number of fused-ring (bicyclic) bond motifs is 16. The molecule has 0 spiro atoms. The van der Waals surface area contributed by atoms with Crippen LogP contribution in [-0.2, 0) is 0 Å². The summed E-state index contributed by atoms with van der Waals surface area (Å²) in [6.07, 6.45) is 0. The summed E-state index contributed by atoms with van der Waals surface area (Å²) in [7, 11) is 0. The molecule has 6 nitrogen and oxygen atoms in total. The Morgan fingerprint density at radius 1 is 0.303 bits per heavy atom. The minimum absolute atomic E-state index is 0.448. The number of thiophene rings is 1. The van der Waals surface area contributed by atoms with E-state index in [2.05, 4.69) is 243 Å². The number of nitriles is 2. The SMILES string of the molecule is Cc1ccc2c(c1)c1cc(C)ccc1n2-c1c(C#N)c(-n2c3ccc(C)cc3c3cc(C)ccc32)c(-n2c3ccc(C)cc3c3ccc4c5ccccc5sc4c32)c(C#N)c1-n1c2ccc(C)cc2c2cc(C)ccc21. The predicted molar refractivity (Wildman–Crippen MR) is 319 cm³/mol. The highest BCUT2D eigenvalue weighted by Gasteiger charge is 2.35. The Bertz CT molecular complexity index is 5040. The van der Waals surface area contributed by atoms with E-state index in [9.17, 15) is 10.5 Å². The van der Waals surface area contributed by atoms with Crippen molar-refractivity contribution >= 4 is 119 Å². The van der Waals surface area contributed by atoms with Gasteiger partial charge >= 0.3 is 0 Å². The van der Waals surface area contributed by atoms with Crippen LogP contribution in [0.4, 0.5) is 0 Å². The second-order valence-electron chi connectivity index (χ2n) is 21.3. The van der Waals surface area contributed by atoms with Gasteiger partial charge in [-0.05, 0) is 139 Å². The molecular formula is C69H48N6S. The van der Waals surface area contributed by atoms with Crippen molar-refractivity contribution in [2.45, 2.75) is 48.5 Å². The molecule has 0 atom stereocenters. The second kappa shape index (κ2) is 15.8. The topological polar surface area (TPSA) is 67.3 Å². The molecule has 0 fully saturated rings. The fraction of sp³-hybridized carbons (Fsp3) is 0.101. The second-order valence-corrected chi connectivity index (χ2v) is 22.3. The van der Waals surface area contributed by atoms with Crippen molar-refractivity contribution in [3.63, 3.8) is 0 Å². The Morgan fingerprint density at radius 2 is 0.592 bits per heavy atom. The summed E-state index contributed by atoms with van der Waals surface area (Å²) in [4.78, 5) is 0. The largest absolute Gasteiger partial charge is 0.306 e. The molecular weight excluding hydrogens is 945 g/mol. The van der Waals surface area contributed by atoms with E-state index in [1.165, 1.54) is 10.1 Å². The third kappa shape index (κ3) is 5.95. The molecule has 0 unspecified atom stereocenters. The normalized spacial score (nSPS) is 12.1. The minimum Gasteiger partial charge on any atom is -0.306 e. The highest BCUT2D eigenvalue weighted by molar-refractivity contribution is 7.26. The zero-order valence-electron chi connectivity index (χ0n) is 43.2. The molecule has 5 aromatic heterocycles. The van der Waals surface area contributed by atoms with Crippen LogP contribution in [-0.4, -0.2) is 18.3 Å². The lowest BCUT2D eigenvalue weighted by molar-refractivity contribution is 1.02. The smallest absolute Gasteiger partial charge is 0.104 e. The molecule has 10 aromatic carbocycles. The van der Waals surface area contributed by atoms with Crippen molar-refractivity contribution in [2.24, 2.45) is 0 Å². The van der Waals surface area contributed by atoms with Crippen molar-refractivity contribution in [1.29, 1.82) is 10.5 Å². The molecule has 0 N–H and O–H groups in total. The lowest BCUT2D eigenvalue weighted by atomic mass is 9.98. The number of hydrogen-bond donors (Lipinski definition) is 0. The Hall–Kier alpha value is -9.40. The van der Waals surface area contributed by atoms with Gasteiger partial charge in [-0.15, -0.1) is 11.3 Å². The number of aryl methyl sites for hydroxylation is 7. The van der Waals surface area contributed by atoms with E-state index in [1.54, 1.807) is 11.3 Å². The first-order valence-corrected chi connectivity index (χ1v) is 26.8. The quantitative estimate of drug-likeness (QED) is 0.176. The Labute approximate surface area is 442 Å². The summed E-state index contributed by atoms with van der Waals surface area (Å²) in [5.41, 5.74) is 19.1. The minimum atomic E-state index is 0.448. The van der Waals surface area contributed by atoms with Crippen LogP contribution >= 0.6 is 11.3 Å². The Balaban J connectivity index is 1.29. The molecule has 0 radical (unpaired) electrons. The van der Waals surface area contributed by atoms with Gasteiger partial charge in [-0.25, -0.2) is 0 Å². The van der Waals surface area contributed by atoms with Crippen molar-refractivity contribution < 1.29 is 0 Å². The Kier molecular flexibility index (Phi) is 9.18. The fourth-order valence-electron chi connectivity index (χ4n) is 12.9. The number of aromatic nitrogens is 4. The summed E-state index contributed by atoms with van der Waals surface area (Å²) < 4.78 is 11.6. The number of nitrogens with zero attached hydrogens (tertiary/aromatic N) is 6. The van der Waals surface area contributed by atoms with Gasteiger partial charge in [0.15, 0.2) is 0 Å². The van der Waals surface area contributed by atoms with Gasteiger partial charge in [0.25, 0.3) is 0 Å². The zero-order valence-corrected chi connectivity index (χ0v) is 44.0. The first-order valence-electron chi connectivity index (χ1n) is 25.9. The van der Waals surface area contributed by atoms with Crippen molar-refractivity contribution in [3.05, 3.63) is 214 Å². The highest BCUT2D eigenvalue weighted by atomic mass is 32.1. The van der Waals surface area contributed by atoms with Gasteiger partial charge in [-0.2, -0.15) is 10.5 Å². The van der Waals surface area contributed by atoms with Gasteiger partial charge in [0.05, 0.1) is 71.6 Å². The van der Waals surface area contributed by atoms with E-state index in [0.29, 0.717) is 33.9 Å². The van der Waals surface area contributed by atoms with E-state index in [4.69, 9.17) is 0 Å². The molecule has 0 aliphatic rings. The highest BCUT2D eigenvalue weighted by Crippen LogP contribution is 2.51. The average molecular weight is 993 g/mol. The van der Waals surface area contributed by atoms with Crippen LogP contribution in [0.2, 0.25) is 0 Å². The van der Waals surface area contributed by atoms with Crippen LogP contribution in [0.15, 0.2) is 164 Å². The van der Waals surface area contributed by atoms with Crippen LogP contribution in [0.1, 0.15) is 50.1 Å². The molecule has 15 aromatic rings. The van der Waals surface area contributed by atoms with Gasteiger partial charge in [0.1, 0.15) is 23.3 Å². The zero-order chi connectivity index (χ0) is 51.6. The van der Waals surface area contributed by atoms with E-state index in [1.807, 2.05) is 0 Å². The summed E-state index contributed by atoms with van der Waals surface area (Å²) in [6, 6.07) is 65.7. The lowest BCUT2D eigenvalue weighted by Crippen LogP contribution is -2.16. The van der Waals surface area contributed by atoms with Crippen molar-refractivity contribution in [1.82, 2.24) is 18.3 Å². The van der Waals surface area contributed by atoms with Gasteiger partial charge in [0, 0.05) is 58.6 Å². The molecule has 0 saturated heterocycles. The molecule has 15 rings (SSSR count). The molecule has 76 heavy (non-hydrogen) atoms. The van der Waals surface area contributed by atoms with Gasteiger partial charge in [-0.3, -0.25) is 0 Å². The van der Waals surface area contributed by atoms with Gasteiger partial charge < -0.3 is 18.3 Å². The summed E-state index contributed by atoms with van der Waals surface area (Å²) in [6.45, 7) is 15.0. The van der Waals surface area contributed by atoms with Gasteiger partial charge in [-0.1, -0.05) is 112 Å². The maximum atomic E-state index is 12.9. The summed E-state index contributed by atoms with van der Waals surface area (Å²) in [5, 5.41) is 36.7. The van der Waals surface area contributed by atoms with Crippen molar-refractivity contribution in [3.8, 4) is 34.9 Å². The van der Waals surface area contributed by atoms with E-state index < -0.39 is 0 Å². The number of benzene rings is 10. The molecule has 360 valence electrons. The predicted octanol–water partition coefficient (Wildman–Crippen LogP) is 18.3. The van der Waals surface area contributed by atoms with Crippen LogP contribution < -0.4 is 0 Å². The summed E-state index contributed by atoms with van der Waals surface area (Å²) >= 11 is 1.78. The third-order valence-corrected chi connectivity index (χ3v) is 17.4. The first-order chi connectivity index (χ1) is 37.0. The molecule has 5 heterocycles. The lowest BCUT2D eigenvalue weighted by Gasteiger charge is -2.27. The fourth-order valence-corrected chi connectivity index (χ4v) is 14.1. The van der Waals surface area contributed by atoms with Crippen LogP contribution in [0.3, 0.4) is 0 Å². The first kappa shape index (κ1) is 44.1. The number of rotatable bonds is 4. The molecule has 0 amide bonds. The summed E-state index contributed by atoms with van der Waals surface area (Å²) in [5.74, 6) is 0. The monoisotopic (exact) mass is 992 g/mol. The third-order valence-electron chi connectivity index (χ3n) is 16.2. The molecule has 7 heteroatoms. The molecule has 0 bridgehead atoms. The average Bonchev–Trinajstić information content (AvgIpc) is 4.34. The van der Waals surface area contributed by atoms with Crippen LogP contribution in [0.5, 0.6) is 0 Å². The molecule has 0 aliphatic carbocycles. The maximum absolute atomic E-state index is 12.9. The van der Waals surface area contributed by atoms with Crippen LogP contribution in [0.25, 0.3) is 130 Å². The van der Waals surface area contributed by atoms with Crippen LogP contribution in [0, 0.1) is 71.1 Å². The van der Waals surface area contributed by atoms with E-state index in [0.717, 1.165) is 136 Å². The van der Waals surface area contributed by atoms with Crippen molar-refractivity contribution in [2.75, 3.05) is 0 Å². The van der Waals surface area contributed by atoms with Gasteiger partial charge in [0.2, 0.25) is 0 Å². The maximum Gasteiger partial charge on any atom is 0.104 e.